The molecule has 0 unspecified atom stereocenters. The highest BCUT2D eigenvalue weighted by Crippen LogP contribution is 2.16. The maximum atomic E-state index is 13.4. The number of halogens is 3. The number of ether oxygens (including phenoxy) is 1. The van der Waals surface area contributed by atoms with Crippen molar-refractivity contribution in [3.63, 3.8) is 0 Å². The lowest BCUT2D eigenvalue weighted by atomic mass is 10.2. The van der Waals surface area contributed by atoms with Crippen molar-refractivity contribution in [2.75, 3.05) is 26.8 Å². The van der Waals surface area contributed by atoms with Crippen LogP contribution in [-0.2, 0) is 11.3 Å². The number of benzene rings is 1. The number of nitrogens with zero attached hydrogens (tertiary/aromatic N) is 1. The molecule has 0 spiro atoms. The summed E-state index contributed by atoms with van der Waals surface area (Å²) in [6.45, 7) is 4.72. The molecule has 0 heterocycles. The van der Waals surface area contributed by atoms with Crippen LogP contribution in [0.1, 0.15) is 18.9 Å². The Kier molecular flexibility index (Phi) is 11.9. The number of rotatable bonds is 7. The Hall–Kier alpha value is -0.410. The van der Waals surface area contributed by atoms with Gasteiger partial charge in [-0.05, 0) is 47.0 Å². The van der Waals surface area contributed by atoms with Crippen LogP contribution >= 0.6 is 39.9 Å². The zero-order valence-corrected chi connectivity index (χ0v) is 16.2. The smallest absolute Gasteiger partial charge is 0.191 e. The third-order valence-electron chi connectivity index (χ3n) is 2.57. The molecule has 1 aromatic carbocycles. The Balaban J connectivity index is 0.00000400. The second kappa shape index (κ2) is 12.2. The highest BCUT2D eigenvalue weighted by Gasteiger charge is 2.01. The van der Waals surface area contributed by atoms with Gasteiger partial charge in [-0.15, -0.1) is 24.0 Å². The van der Waals surface area contributed by atoms with Crippen LogP contribution in [0.25, 0.3) is 0 Å². The van der Waals surface area contributed by atoms with Crippen molar-refractivity contribution in [1.29, 1.82) is 0 Å². The lowest BCUT2D eigenvalue weighted by molar-refractivity contribution is 0.195. The molecule has 1 aromatic rings. The van der Waals surface area contributed by atoms with Gasteiger partial charge in [0.2, 0.25) is 0 Å². The summed E-state index contributed by atoms with van der Waals surface area (Å²) >= 11 is 3.14. The van der Waals surface area contributed by atoms with Gasteiger partial charge in [-0.25, -0.2) is 9.38 Å². The maximum Gasteiger partial charge on any atom is 0.191 e. The highest BCUT2D eigenvalue weighted by molar-refractivity contribution is 14.0. The number of hydrogen-bond donors (Lipinski definition) is 2. The van der Waals surface area contributed by atoms with Crippen LogP contribution in [0.15, 0.2) is 27.7 Å². The van der Waals surface area contributed by atoms with Crippen molar-refractivity contribution in [2.24, 2.45) is 4.99 Å². The molecule has 0 saturated carbocycles. The minimum atomic E-state index is -0.268. The molecule has 0 atom stereocenters. The first-order chi connectivity index (χ1) is 9.67. The predicted octanol–water partition coefficient (Wildman–Crippen LogP) is 3.30. The van der Waals surface area contributed by atoms with Gasteiger partial charge >= 0.3 is 0 Å². The summed E-state index contributed by atoms with van der Waals surface area (Å²) in [5, 5.41) is 6.36. The number of guanidine groups is 1. The molecule has 4 nitrogen and oxygen atoms in total. The average Bonchev–Trinajstić information content (AvgIpc) is 2.44. The third kappa shape index (κ3) is 8.57. The summed E-state index contributed by atoms with van der Waals surface area (Å²) in [4.78, 5) is 4.42. The zero-order valence-electron chi connectivity index (χ0n) is 12.3. The number of aliphatic imine (C=N–C) groups is 1. The maximum absolute atomic E-state index is 13.4. The van der Waals surface area contributed by atoms with Gasteiger partial charge in [0.05, 0.1) is 11.0 Å². The molecule has 0 radical (unpaired) electrons. The Morgan fingerprint density at radius 2 is 2.14 bits per heavy atom. The molecular formula is C14H22BrFIN3O. The van der Waals surface area contributed by atoms with E-state index in [2.05, 4.69) is 31.6 Å². The molecule has 21 heavy (non-hydrogen) atoms. The van der Waals surface area contributed by atoms with E-state index in [1.54, 1.807) is 13.2 Å². The van der Waals surface area contributed by atoms with Crippen LogP contribution in [0.2, 0.25) is 0 Å². The van der Waals surface area contributed by atoms with Gasteiger partial charge < -0.3 is 15.4 Å². The molecule has 0 saturated heterocycles. The van der Waals surface area contributed by atoms with Gasteiger partial charge in [0.15, 0.2) is 5.96 Å². The lowest BCUT2D eigenvalue weighted by Gasteiger charge is -2.11. The molecule has 0 bridgehead atoms. The van der Waals surface area contributed by atoms with Crippen molar-refractivity contribution in [3.05, 3.63) is 34.1 Å². The van der Waals surface area contributed by atoms with E-state index in [1.807, 2.05) is 13.0 Å². The summed E-state index contributed by atoms with van der Waals surface area (Å²) in [6.07, 6.45) is 0.911. The van der Waals surface area contributed by atoms with E-state index in [0.29, 0.717) is 17.6 Å². The average molecular weight is 474 g/mol. The Bertz CT molecular complexity index is 446. The van der Waals surface area contributed by atoms with Crippen LogP contribution in [0.4, 0.5) is 4.39 Å². The summed E-state index contributed by atoms with van der Waals surface area (Å²) in [5.41, 5.74) is 0.833. The number of hydrogen-bond acceptors (Lipinski definition) is 2. The molecule has 0 fully saturated rings. The first kappa shape index (κ1) is 20.6. The minimum Gasteiger partial charge on any atom is -0.385 e. The van der Waals surface area contributed by atoms with E-state index in [4.69, 9.17) is 4.74 Å². The van der Waals surface area contributed by atoms with Crippen LogP contribution < -0.4 is 10.6 Å². The zero-order chi connectivity index (χ0) is 14.8. The molecule has 2 N–H and O–H groups in total. The minimum absolute atomic E-state index is 0. The van der Waals surface area contributed by atoms with E-state index in [0.717, 1.165) is 31.0 Å². The normalized spacial score (nSPS) is 11.0. The van der Waals surface area contributed by atoms with E-state index in [1.165, 1.54) is 6.07 Å². The standard InChI is InChI=1S/C14H21BrFN3O.HI/c1-3-17-14(18-7-4-8-20-2)19-10-11-5-6-12(15)13(16)9-11;/h5-6,9H,3-4,7-8,10H2,1-2H3,(H2,17,18,19);1H. The molecule has 0 aromatic heterocycles. The molecular weight excluding hydrogens is 452 g/mol. The van der Waals surface area contributed by atoms with Crippen molar-refractivity contribution in [3.8, 4) is 0 Å². The van der Waals surface area contributed by atoms with E-state index < -0.39 is 0 Å². The Morgan fingerprint density at radius 1 is 1.38 bits per heavy atom. The highest BCUT2D eigenvalue weighted by atomic mass is 127. The van der Waals surface area contributed by atoms with Crippen molar-refractivity contribution in [2.45, 2.75) is 19.9 Å². The summed E-state index contributed by atoms with van der Waals surface area (Å²) in [7, 11) is 1.68. The second-order valence-electron chi connectivity index (χ2n) is 4.22. The van der Waals surface area contributed by atoms with Gasteiger partial charge in [0.25, 0.3) is 0 Å². The molecule has 0 amide bonds. The lowest BCUT2D eigenvalue weighted by Crippen LogP contribution is -2.38. The summed E-state index contributed by atoms with van der Waals surface area (Å²) < 4.78 is 18.9. The number of nitrogens with one attached hydrogen (secondary N) is 2. The summed E-state index contributed by atoms with van der Waals surface area (Å²) in [6, 6.07) is 5.03. The molecule has 0 aliphatic carbocycles. The van der Waals surface area contributed by atoms with Crippen LogP contribution in [0.5, 0.6) is 0 Å². The van der Waals surface area contributed by atoms with E-state index >= 15 is 0 Å². The Morgan fingerprint density at radius 3 is 2.76 bits per heavy atom. The van der Waals surface area contributed by atoms with Crippen LogP contribution in [0, 0.1) is 5.82 Å². The number of methoxy groups -OCH3 is 1. The molecule has 0 aliphatic heterocycles. The fourth-order valence-electron chi connectivity index (χ4n) is 1.57. The van der Waals surface area contributed by atoms with Crippen LogP contribution in [-0.4, -0.2) is 32.8 Å². The fourth-order valence-corrected chi connectivity index (χ4v) is 1.82. The topological polar surface area (TPSA) is 45.7 Å². The first-order valence-electron chi connectivity index (χ1n) is 6.62. The van der Waals surface area contributed by atoms with Crippen LogP contribution in [0.3, 0.4) is 0 Å². The SMILES string of the molecule is CCNC(=NCc1ccc(Br)c(F)c1)NCCCOC.I. The Labute approximate surface area is 151 Å². The summed E-state index contributed by atoms with van der Waals surface area (Å²) in [5.74, 6) is 0.461. The quantitative estimate of drug-likeness (QED) is 0.276. The van der Waals surface area contributed by atoms with Crippen molar-refractivity contribution < 1.29 is 9.13 Å². The largest absolute Gasteiger partial charge is 0.385 e. The molecule has 7 heteroatoms. The van der Waals surface area contributed by atoms with Gasteiger partial charge in [-0.2, -0.15) is 0 Å². The molecule has 1 rings (SSSR count). The van der Waals surface area contributed by atoms with Crippen molar-refractivity contribution >= 4 is 45.9 Å². The fraction of sp³-hybridized carbons (Fsp3) is 0.500. The predicted molar refractivity (Wildman–Crippen MR) is 98.8 cm³/mol. The van der Waals surface area contributed by atoms with Gasteiger partial charge in [-0.1, -0.05) is 6.07 Å². The van der Waals surface area contributed by atoms with E-state index in [-0.39, 0.29) is 29.8 Å². The molecule has 0 aliphatic rings. The molecule has 120 valence electrons. The second-order valence-corrected chi connectivity index (χ2v) is 5.07. The van der Waals surface area contributed by atoms with Gasteiger partial charge in [0.1, 0.15) is 5.82 Å². The van der Waals surface area contributed by atoms with Gasteiger partial charge in [0, 0.05) is 26.8 Å². The van der Waals surface area contributed by atoms with Crippen molar-refractivity contribution in [1.82, 2.24) is 10.6 Å². The monoisotopic (exact) mass is 473 g/mol. The third-order valence-corrected chi connectivity index (χ3v) is 3.21. The first-order valence-corrected chi connectivity index (χ1v) is 7.41. The van der Waals surface area contributed by atoms with Gasteiger partial charge in [-0.3, -0.25) is 0 Å². The van der Waals surface area contributed by atoms with E-state index in [9.17, 15) is 4.39 Å².